The Labute approximate surface area is 70.8 Å². The normalized spacial score (nSPS) is 24.7. The van der Waals surface area contributed by atoms with E-state index < -0.39 is 0 Å². The molecule has 0 aromatic carbocycles. The third kappa shape index (κ3) is 4.43. The minimum absolute atomic E-state index is 1.22. The molecule has 0 amide bonds. The lowest BCUT2D eigenvalue weighted by molar-refractivity contribution is 0.401. The number of nitrogens with zero attached hydrogens (tertiary/aromatic N) is 1. The third-order valence-corrected chi connectivity index (χ3v) is 2.29. The molecule has 1 aliphatic heterocycles. The van der Waals surface area contributed by atoms with Crippen molar-refractivity contribution in [3.05, 3.63) is 0 Å². The van der Waals surface area contributed by atoms with Gasteiger partial charge in [0, 0.05) is 0 Å². The van der Waals surface area contributed by atoms with E-state index in [0.717, 1.165) is 0 Å². The average molecular weight is 154 g/mol. The summed E-state index contributed by atoms with van der Waals surface area (Å²) in [4.78, 5) is 2.45. The Morgan fingerprint density at radius 1 is 0.909 bits per heavy atom. The summed E-state index contributed by atoms with van der Waals surface area (Å²) in [6, 6.07) is 0. The van der Waals surface area contributed by atoms with Crippen LogP contribution in [-0.4, -0.2) is 39.0 Å². The van der Waals surface area contributed by atoms with Gasteiger partial charge in [0.05, 0.1) is 0 Å². The van der Waals surface area contributed by atoms with Gasteiger partial charge < -0.3 is 10.1 Å². The van der Waals surface area contributed by atoms with Gasteiger partial charge in [0.25, 0.3) is 0 Å². The standard InChI is InChI=1S/C8H19BN2/c9-11-7-3-1-5-10-6-2-4-8-11/h10H,1-9H2. The van der Waals surface area contributed by atoms with Gasteiger partial charge in [-0.25, -0.2) is 0 Å². The number of nitrogens with one attached hydrogen (secondary N) is 1. The van der Waals surface area contributed by atoms with E-state index >= 15 is 0 Å². The molecule has 1 rings (SSSR count). The molecule has 0 radical (unpaired) electrons. The SMILES string of the molecule is BN1CCCCNCCCC1. The van der Waals surface area contributed by atoms with Crippen LogP contribution in [0.3, 0.4) is 0 Å². The van der Waals surface area contributed by atoms with Crippen LogP contribution in [0.15, 0.2) is 0 Å². The van der Waals surface area contributed by atoms with Crippen LogP contribution in [0.25, 0.3) is 0 Å². The molecule has 0 unspecified atom stereocenters. The van der Waals surface area contributed by atoms with Crippen LogP contribution in [0.5, 0.6) is 0 Å². The van der Waals surface area contributed by atoms with Crippen LogP contribution < -0.4 is 5.32 Å². The molecule has 0 aromatic rings. The zero-order valence-corrected chi connectivity index (χ0v) is 7.60. The van der Waals surface area contributed by atoms with E-state index in [9.17, 15) is 0 Å². The highest BCUT2D eigenvalue weighted by molar-refractivity contribution is 6.04. The molecule has 0 aromatic heterocycles. The van der Waals surface area contributed by atoms with Crippen LogP contribution in [0.1, 0.15) is 25.7 Å². The molecular weight excluding hydrogens is 135 g/mol. The van der Waals surface area contributed by atoms with Crippen LogP contribution >= 0.6 is 0 Å². The Hall–Kier alpha value is -0.0151. The second kappa shape index (κ2) is 5.61. The lowest BCUT2D eigenvalue weighted by Gasteiger charge is -2.18. The van der Waals surface area contributed by atoms with Crippen molar-refractivity contribution in [2.24, 2.45) is 0 Å². The van der Waals surface area contributed by atoms with E-state index in [1.165, 1.54) is 51.9 Å². The van der Waals surface area contributed by atoms with Crippen molar-refractivity contribution in [3.63, 3.8) is 0 Å². The summed E-state index contributed by atoms with van der Waals surface area (Å²) >= 11 is 0. The molecule has 1 aliphatic rings. The zero-order valence-electron chi connectivity index (χ0n) is 7.60. The molecule has 0 saturated carbocycles. The van der Waals surface area contributed by atoms with Gasteiger partial charge >= 0.3 is 0 Å². The molecule has 1 saturated heterocycles. The monoisotopic (exact) mass is 154 g/mol. The van der Waals surface area contributed by atoms with Gasteiger partial charge in [0.2, 0.25) is 0 Å². The van der Waals surface area contributed by atoms with Gasteiger partial charge in [0.1, 0.15) is 0 Å². The summed E-state index contributed by atoms with van der Waals surface area (Å²) < 4.78 is 0. The van der Waals surface area contributed by atoms with Crippen molar-refractivity contribution in [2.75, 3.05) is 26.2 Å². The van der Waals surface area contributed by atoms with Crippen LogP contribution in [0.2, 0.25) is 0 Å². The Morgan fingerprint density at radius 3 is 2.00 bits per heavy atom. The second-order valence-electron chi connectivity index (χ2n) is 3.47. The summed E-state index contributed by atoms with van der Waals surface area (Å²) in [5.74, 6) is 0. The van der Waals surface area contributed by atoms with Crippen molar-refractivity contribution in [2.45, 2.75) is 25.7 Å². The van der Waals surface area contributed by atoms with E-state index in [1.807, 2.05) is 0 Å². The Bertz CT molecular complexity index is 88.1. The quantitative estimate of drug-likeness (QED) is 0.494. The summed E-state index contributed by atoms with van der Waals surface area (Å²) in [5.41, 5.74) is 0. The number of rotatable bonds is 0. The predicted molar refractivity (Wildman–Crippen MR) is 51.5 cm³/mol. The van der Waals surface area contributed by atoms with Crippen LogP contribution in [-0.2, 0) is 0 Å². The molecule has 1 N–H and O–H groups in total. The third-order valence-electron chi connectivity index (χ3n) is 2.29. The highest BCUT2D eigenvalue weighted by atomic mass is 15.0. The summed E-state index contributed by atoms with van der Waals surface area (Å²) in [5, 5.41) is 3.45. The summed E-state index contributed by atoms with van der Waals surface area (Å²) in [6.45, 7) is 4.99. The fourth-order valence-electron chi connectivity index (χ4n) is 1.50. The van der Waals surface area contributed by atoms with Crippen LogP contribution in [0.4, 0.5) is 0 Å². The molecule has 1 heterocycles. The van der Waals surface area contributed by atoms with Gasteiger partial charge in [0.15, 0.2) is 7.98 Å². The summed E-state index contributed by atoms with van der Waals surface area (Å²) in [7, 11) is 2.23. The molecule has 3 heteroatoms. The van der Waals surface area contributed by atoms with E-state index in [2.05, 4.69) is 18.1 Å². The summed E-state index contributed by atoms with van der Waals surface area (Å²) in [6.07, 6.45) is 5.38. The molecule has 11 heavy (non-hydrogen) atoms. The fraction of sp³-hybridized carbons (Fsp3) is 1.00. The van der Waals surface area contributed by atoms with E-state index in [0.29, 0.717) is 0 Å². The molecule has 2 nitrogen and oxygen atoms in total. The molecule has 0 spiro atoms. The van der Waals surface area contributed by atoms with E-state index in [1.54, 1.807) is 0 Å². The average Bonchev–Trinajstić information content (AvgIpc) is 2.03. The predicted octanol–water partition coefficient (Wildman–Crippen LogP) is 0.0001000. The zero-order chi connectivity index (χ0) is 7.94. The van der Waals surface area contributed by atoms with Gasteiger partial charge in [-0.15, -0.1) is 0 Å². The van der Waals surface area contributed by atoms with Crippen molar-refractivity contribution >= 4 is 7.98 Å². The Morgan fingerprint density at radius 2 is 1.45 bits per heavy atom. The molecule has 1 fully saturated rings. The topological polar surface area (TPSA) is 15.3 Å². The highest BCUT2D eigenvalue weighted by Crippen LogP contribution is 1.97. The number of hydrogen-bond donors (Lipinski definition) is 1. The van der Waals surface area contributed by atoms with E-state index in [-0.39, 0.29) is 0 Å². The van der Waals surface area contributed by atoms with Crippen LogP contribution in [0, 0.1) is 0 Å². The maximum Gasteiger partial charge on any atom is 0.185 e. The molecule has 0 bridgehead atoms. The molecule has 0 atom stereocenters. The first kappa shape index (κ1) is 9.08. The maximum atomic E-state index is 3.45. The van der Waals surface area contributed by atoms with Crippen molar-refractivity contribution in [1.82, 2.24) is 10.1 Å². The lowest BCUT2D eigenvalue weighted by Crippen LogP contribution is -2.27. The molecule has 0 aliphatic carbocycles. The smallest absolute Gasteiger partial charge is 0.185 e. The lowest BCUT2D eigenvalue weighted by atomic mass is 10.1. The van der Waals surface area contributed by atoms with Gasteiger partial charge in [-0.3, -0.25) is 0 Å². The van der Waals surface area contributed by atoms with Crippen molar-refractivity contribution in [3.8, 4) is 0 Å². The first-order valence-corrected chi connectivity index (χ1v) is 4.79. The Balaban J connectivity index is 2.12. The van der Waals surface area contributed by atoms with Crippen molar-refractivity contribution in [1.29, 1.82) is 0 Å². The second-order valence-corrected chi connectivity index (χ2v) is 3.47. The number of hydrogen-bond acceptors (Lipinski definition) is 2. The van der Waals surface area contributed by atoms with Gasteiger partial charge in [-0.05, 0) is 51.9 Å². The largest absolute Gasteiger partial charge is 0.349 e. The fourth-order valence-corrected chi connectivity index (χ4v) is 1.50. The first-order valence-electron chi connectivity index (χ1n) is 4.79. The van der Waals surface area contributed by atoms with E-state index in [4.69, 9.17) is 0 Å². The minimum atomic E-state index is 1.22. The van der Waals surface area contributed by atoms with Gasteiger partial charge in [-0.2, -0.15) is 0 Å². The Kier molecular flexibility index (Phi) is 4.63. The minimum Gasteiger partial charge on any atom is -0.349 e. The maximum absolute atomic E-state index is 3.45. The first-order chi connectivity index (χ1) is 5.39. The molecular formula is C8H19BN2. The highest BCUT2D eigenvalue weighted by Gasteiger charge is 1.99. The van der Waals surface area contributed by atoms with Crippen molar-refractivity contribution < 1.29 is 0 Å². The van der Waals surface area contributed by atoms with Gasteiger partial charge in [-0.1, -0.05) is 0 Å². The molecule has 64 valence electrons.